The number of carbonyl (C=O) groups excluding carboxylic acids is 2. The molecule has 0 aromatic rings. The molecular formula is C2H4N2O2. The zero-order chi connectivity index (χ0) is 6.73. The number of nitrogens with two attached hydrogens (primary N) is 2. The van der Waals surface area contributed by atoms with Gasteiger partial charge in [0.25, 0.3) is 0 Å². The van der Waals surface area contributed by atoms with Crippen LogP contribution in [-0.2, 0) is 9.59 Å². The van der Waals surface area contributed by atoms with E-state index >= 15 is 0 Å². The van der Waals surface area contributed by atoms with E-state index in [9.17, 15) is 9.59 Å². The fourth-order valence-corrected chi connectivity index (χ4v) is 0. The van der Waals surface area contributed by atoms with Gasteiger partial charge in [0.15, 0.2) is 2.82 Å². The van der Waals surface area contributed by atoms with E-state index < -0.39 is 11.8 Å². The van der Waals surface area contributed by atoms with Crippen LogP contribution in [0.3, 0.4) is 0 Å². The van der Waals surface area contributed by atoms with Crippen molar-refractivity contribution in [1.82, 2.24) is 0 Å². The zero-order valence-electron chi connectivity index (χ0n) is 4.84. The molecule has 0 saturated carbocycles. The number of hydrogen-bond donors (Lipinski definition) is 2. The van der Waals surface area contributed by atoms with E-state index in [0.29, 0.717) is 0 Å². The third kappa shape index (κ3) is 1.28. The molecule has 0 aromatic heterocycles. The first kappa shape index (κ1) is 2.17. The molecule has 0 spiro atoms. The maximum absolute atomic E-state index is 9.92. The molecule has 34 valence electrons. The van der Waals surface area contributed by atoms with Crippen molar-refractivity contribution < 1.29 is 12.4 Å². The van der Waals surface area contributed by atoms with Crippen LogP contribution in [0.4, 0.5) is 0 Å². The van der Waals surface area contributed by atoms with Gasteiger partial charge in [-0.3, -0.25) is 9.59 Å². The van der Waals surface area contributed by atoms with Crippen molar-refractivity contribution in [3.8, 4) is 0 Å². The lowest BCUT2D eigenvalue weighted by Gasteiger charge is -1.75. The number of primary amides is 2. The monoisotopic (exact) mass is 90.0 g/mol. The highest BCUT2D eigenvalue weighted by molar-refractivity contribution is 6.33. The first-order valence-electron chi connectivity index (χ1n) is 2.06. The second-order valence-electron chi connectivity index (χ2n) is 0.669. The smallest absolute Gasteiger partial charge is 0.306 e. The van der Waals surface area contributed by atoms with Gasteiger partial charge in [-0.1, -0.05) is 0 Å². The van der Waals surface area contributed by atoms with Crippen molar-refractivity contribution in [2.45, 2.75) is 0 Å². The fraction of sp³-hybridized carbons (Fsp3) is 0. The highest BCUT2D eigenvalue weighted by Gasteiger charge is 1.96. The molecular weight excluding hydrogens is 84.0 g/mol. The number of carbonyl (C=O) groups is 2. The summed E-state index contributed by atoms with van der Waals surface area (Å²) in [6.45, 7) is 0. The predicted molar refractivity (Wildman–Crippen MR) is 18.4 cm³/mol. The van der Waals surface area contributed by atoms with Crippen LogP contribution in [0.5, 0.6) is 0 Å². The van der Waals surface area contributed by atoms with Gasteiger partial charge in [-0.2, -0.15) is 0 Å². The maximum Gasteiger partial charge on any atom is 0.306 e. The van der Waals surface area contributed by atoms with E-state index in [0.717, 1.165) is 0 Å². The average molecular weight is 90.1 g/mol. The molecule has 0 bridgehead atoms. The molecule has 2 amide bonds. The Balaban J connectivity index is 3.84. The van der Waals surface area contributed by atoms with Crippen molar-refractivity contribution in [1.29, 1.82) is 0 Å². The van der Waals surface area contributed by atoms with Crippen LogP contribution in [0, 0.1) is 0 Å². The number of rotatable bonds is 0. The standard InChI is InChI=1S/C2H4N2O2/c3-1(5)2(4)6/h(H2,3,5)(H2,4,6)/i/hD2. The Morgan fingerprint density at radius 2 is 2.00 bits per heavy atom. The highest BCUT2D eigenvalue weighted by atomic mass is 16.2. The predicted octanol–water partition coefficient (Wildman–Crippen LogP) is -2.04. The van der Waals surface area contributed by atoms with Crippen molar-refractivity contribution in [3.63, 3.8) is 0 Å². The SMILES string of the molecule is [2H]N([2H])C(=O)C(N)=O. The summed E-state index contributed by atoms with van der Waals surface area (Å²) < 4.78 is 12.3. The van der Waals surface area contributed by atoms with Crippen LogP contribution in [0.15, 0.2) is 0 Å². The zero-order valence-corrected chi connectivity index (χ0v) is 2.84. The Hall–Kier alpha value is -1.06. The second-order valence-corrected chi connectivity index (χ2v) is 0.669. The quantitative estimate of drug-likeness (QED) is 0.335. The highest BCUT2D eigenvalue weighted by Crippen LogP contribution is 1.44. The summed E-state index contributed by atoms with van der Waals surface area (Å²) in [4.78, 5) is 19.7. The van der Waals surface area contributed by atoms with E-state index in [2.05, 4.69) is 5.73 Å². The lowest BCUT2D eigenvalue weighted by atomic mass is 10.6. The Morgan fingerprint density at radius 3 is 2.00 bits per heavy atom. The maximum atomic E-state index is 9.92. The minimum absolute atomic E-state index is 0.373. The third-order valence-corrected chi connectivity index (χ3v) is 0.211. The Bertz CT molecular complexity index is 123. The molecule has 4 N–H and O–H groups in total. The second kappa shape index (κ2) is 1.40. The Kier molecular flexibility index (Phi) is 0.506. The Morgan fingerprint density at radius 1 is 1.50 bits per heavy atom. The summed E-state index contributed by atoms with van der Waals surface area (Å²) in [5, 5.41) is 0. The molecule has 0 aliphatic heterocycles. The first-order valence-corrected chi connectivity index (χ1v) is 1.17. The van der Waals surface area contributed by atoms with E-state index in [1.807, 2.05) is 0 Å². The lowest BCUT2D eigenvalue weighted by Crippen LogP contribution is -2.29. The fourth-order valence-electron chi connectivity index (χ4n) is 0. The summed E-state index contributed by atoms with van der Waals surface area (Å²) in [7, 11) is 0. The van der Waals surface area contributed by atoms with Crippen LogP contribution < -0.4 is 11.5 Å². The van der Waals surface area contributed by atoms with E-state index in [1.165, 1.54) is 0 Å². The van der Waals surface area contributed by atoms with Crippen LogP contribution in [0.1, 0.15) is 0 Å². The van der Waals surface area contributed by atoms with Gasteiger partial charge < -0.3 is 11.5 Å². The van der Waals surface area contributed by atoms with Gasteiger partial charge >= 0.3 is 11.8 Å². The van der Waals surface area contributed by atoms with E-state index in [-0.39, 0.29) is 5.72 Å². The molecule has 0 heterocycles. The normalized spacial score (nSPS) is 11.3. The van der Waals surface area contributed by atoms with Crippen molar-refractivity contribution >= 4 is 11.8 Å². The van der Waals surface area contributed by atoms with E-state index in [4.69, 9.17) is 2.82 Å². The molecule has 0 aromatic carbocycles. The summed E-state index contributed by atoms with van der Waals surface area (Å²) >= 11 is 0. The molecule has 0 aliphatic carbocycles. The average Bonchev–Trinajstić information content (AvgIpc) is 1.64. The largest absolute Gasteiger partial charge is 0.361 e. The molecule has 6 heavy (non-hydrogen) atoms. The first-order chi connectivity index (χ1) is 3.55. The van der Waals surface area contributed by atoms with Gasteiger partial charge in [0.1, 0.15) is 0 Å². The minimum atomic E-state index is -1.34. The van der Waals surface area contributed by atoms with Gasteiger partial charge in [0.2, 0.25) is 0 Å². The third-order valence-electron chi connectivity index (χ3n) is 0.211. The van der Waals surface area contributed by atoms with Crippen LogP contribution in [0.2, 0.25) is 2.82 Å². The number of amides is 2. The summed E-state index contributed by atoms with van der Waals surface area (Å²) in [5.74, 6) is -2.64. The topological polar surface area (TPSA) is 86.2 Å². The lowest BCUT2D eigenvalue weighted by molar-refractivity contribution is -0.135. The molecule has 4 heteroatoms. The molecule has 0 unspecified atom stereocenters. The molecule has 0 atom stereocenters. The van der Waals surface area contributed by atoms with Crippen molar-refractivity contribution in [2.75, 3.05) is 0 Å². The van der Waals surface area contributed by atoms with Gasteiger partial charge in [0, 0.05) is 0 Å². The van der Waals surface area contributed by atoms with Gasteiger partial charge in [-0.05, 0) is 0 Å². The molecule has 0 saturated heterocycles. The Labute approximate surface area is 37.0 Å². The number of hydrogen-bond acceptors (Lipinski definition) is 2. The van der Waals surface area contributed by atoms with Crippen molar-refractivity contribution in [3.05, 3.63) is 0 Å². The van der Waals surface area contributed by atoms with E-state index in [1.54, 1.807) is 0 Å². The molecule has 0 rings (SSSR count). The van der Waals surface area contributed by atoms with Gasteiger partial charge in [-0.25, -0.2) is 0 Å². The van der Waals surface area contributed by atoms with Crippen molar-refractivity contribution in [2.24, 2.45) is 11.5 Å². The van der Waals surface area contributed by atoms with Gasteiger partial charge in [0.05, 0.1) is 0 Å². The minimum Gasteiger partial charge on any atom is -0.361 e. The van der Waals surface area contributed by atoms with Crippen LogP contribution in [-0.4, -0.2) is 11.8 Å². The molecule has 0 fully saturated rings. The summed E-state index contributed by atoms with van der Waals surface area (Å²) in [5.41, 5.74) is 3.99. The molecule has 4 nitrogen and oxygen atoms in total. The summed E-state index contributed by atoms with van der Waals surface area (Å²) in [6, 6.07) is 0. The van der Waals surface area contributed by atoms with Crippen LogP contribution in [0.25, 0.3) is 0 Å². The summed E-state index contributed by atoms with van der Waals surface area (Å²) in [6.07, 6.45) is 0. The molecule has 0 radical (unpaired) electrons. The van der Waals surface area contributed by atoms with Crippen LogP contribution >= 0.6 is 0 Å². The molecule has 0 aliphatic rings. The van der Waals surface area contributed by atoms with Gasteiger partial charge in [-0.15, -0.1) is 0 Å².